The first-order valence-electron chi connectivity index (χ1n) is 7.93. The van der Waals surface area contributed by atoms with Crippen molar-refractivity contribution in [2.45, 2.75) is 20.4 Å². The van der Waals surface area contributed by atoms with Gasteiger partial charge in [-0.15, -0.1) is 0 Å². The lowest BCUT2D eigenvalue weighted by Gasteiger charge is -2.09. The van der Waals surface area contributed by atoms with E-state index in [4.69, 9.17) is 4.42 Å². The number of rotatable bonds is 5. The smallest absolute Gasteiger partial charge is 0.319 e. The summed E-state index contributed by atoms with van der Waals surface area (Å²) in [5, 5.41) is 9.90. The molecule has 0 unspecified atom stereocenters. The van der Waals surface area contributed by atoms with Crippen LogP contribution in [0.25, 0.3) is 11.3 Å². The Morgan fingerprint density at radius 2 is 2.00 bits per heavy atom. The highest BCUT2D eigenvalue weighted by molar-refractivity contribution is 5.89. The molecule has 6 nitrogen and oxygen atoms in total. The standard InChI is InChI=1S/C18H19FN4O2/c1-12-17(16-4-3-11-25-16)13(2)23(22-12)10-9-20-18(24)21-15-7-5-14(19)6-8-15/h3-8,11H,9-10H2,1-2H3,(H2,20,21,24). The number of hydrogen-bond acceptors (Lipinski definition) is 3. The lowest BCUT2D eigenvalue weighted by atomic mass is 10.1. The summed E-state index contributed by atoms with van der Waals surface area (Å²) in [6, 6.07) is 8.99. The van der Waals surface area contributed by atoms with E-state index in [1.54, 1.807) is 6.26 Å². The highest BCUT2D eigenvalue weighted by Gasteiger charge is 2.15. The molecule has 2 aromatic heterocycles. The van der Waals surface area contributed by atoms with Gasteiger partial charge in [-0.25, -0.2) is 9.18 Å². The lowest BCUT2D eigenvalue weighted by molar-refractivity contribution is 0.251. The number of furan rings is 1. The molecule has 0 spiro atoms. The van der Waals surface area contributed by atoms with Gasteiger partial charge in [-0.2, -0.15) is 5.10 Å². The van der Waals surface area contributed by atoms with Crippen molar-refractivity contribution in [1.29, 1.82) is 0 Å². The number of nitrogens with zero attached hydrogens (tertiary/aromatic N) is 2. The molecule has 0 radical (unpaired) electrons. The first-order valence-corrected chi connectivity index (χ1v) is 7.93. The predicted molar refractivity (Wildman–Crippen MR) is 92.8 cm³/mol. The van der Waals surface area contributed by atoms with Gasteiger partial charge in [-0.05, 0) is 50.2 Å². The number of nitrogens with one attached hydrogen (secondary N) is 2. The van der Waals surface area contributed by atoms with E-state index in [9.17, 15) is 9.18 Å². The number of benzene rings is 1. The second-order valence-corrected chi connectivity index (χ2v) is 5.63. The monoisotopic (exact) mass is 342 g/mol. The summed E-state index contributed by atoms with van der Waals surface area (Å²) >= 11 is 0. The number of halogens is 1. The first kappa shape index (κ1) is 16.8. The van der Waals surface area contributed by atoms with Crippen LogP contribution in [0.3, 0.4) is 0 Å². The van der Waals surface area contributed by atoms with Gasteiger partial charge in [-0.3, -0.25) is 4.68 Å². The third-order valence-electron chi connectivity index (χ3n) is 3.86. The molecular weight excluding hydrogens is 323 g/mol. The first-order chi connectivity index (χ1) is 12.0. The Balaban J connectivity index is 1.56. The molecule has 2 amide bonds. The number of aryl methyl sites for hydroxylation is 1. The zero-order valence-electron chi connectivity index (χ0n) is 14.0. The van der Waals surface area contributed by atoms with Gasteiger partial charge in [0.1, 0.15) is 11.6 Å². The van der Waals surface area contributed by atoms with Crippen molar-refractivity contribution in [2.75, 3.05) is 11.9 Å². The van der Waals surface area contributed by atoms with Gasteiger partial charge in [0, 0.05) is 17.9 Å². The molecule has 0 aliphatic rings. The minimum absolute atomic E-state index is 0.345. The molecule has 0 atom stereocenters. The van der Waals surface area contributed by atoms with E-state index in [0.29, 0.717) is 18.8 Å². The average molecular weight is 342 g/mol. The quantitative estimate of drug-likeness (QED) is 0.742. The fraction of sp³-hybridized carbons (Fsp3) is 0.222. The summed E-state index contributed by atoms with van der Waals surface area (Å²) in [5.41, 5.74) is 3.36. The molecule has 0 bridgehead atoms. The van der Waals surface area contributed by atoms with Crippen molar-refractivity contribution in [3.63, 3.8) is 0 Å². The van der Waals surface area contributed by atoms with E-state index >= 15 is 0 Å². The maximum absolute atomic E-state index is 12.8. The van der Waals surface area contributed by atoms with Crippen molar-refractivity contribution in [3.05, 3.63) is 59.9 Å². The van der Waals surface area contributed by atoms with Crippen molar-refractivity contribution >= 4 is 11.7 Å². The number of anilines is 1. The van der Waals surface area contributed by atoms with E-state index in [0.717, 1.165) is 22.7 Å². The molecule has 0 saturated heterocycles. The minimum atomic E-state index is -0.348. The Labute approximate surface area is 144 Å². The second-order valence-electron chi connectivity index (χ2n) is 5.63. The lowest BCUT2D eigenvalue weighted by Crippen LogP contribution is -2.31. The van der Waals surface area contributed by atoms with Gasteiger partial charge in [0.2, 0.25) is 0 Å². The van der Waals surface area contributed by atoms with Crippen LogP contribution in [0, 0.1) is 19.7 Å². The van der Waals surface area contributed by atoms with E-state index < -0.39 is 0 Å². The third-order valence-corrected chi connectivity index (χ3v) is 3.86. The van der Waals surface area contributed by atoms with Crippen molar-refractivity contribution in [1.82, 2.24) is 15.1 Å². The van der Waals surface area contributed by atoms with Crippen LogP contribution in [0.1, 0.15) is 11.4 Å². The molecule has 0 fully saturated rings. The van der Waals surface area contributed by atoms with Gasteiger partial charge < -0.3 is 15.1 Å². The minimum Gasteiger partial charge on any atom is -0.464 e. The molecule has 1 aromatic carbocycles. The topological polar surface area (TPSA) is 72.1 Å². The number of carbonyl (C=O) groups excluding carboxylic acids is 1. The fourth-order valence-corrected chi connectivity index (χ4v) is 2.68. The molecule has 3 aromatic rings. The van der Waals surface area contributed by atoms with Crippen LogP contribution in [0.5, 0.6) is 0 Å². The van der Waals surface area contributed by atoms with Crippen molar-refractivity contribution < 1.29 is 13.6 Å². The maximum atomic E-state index is 12.8. The summed E-state index contributed by atoms with van der Waals surface area (Å²) in [7, 11) is 0. The Hall–Kier alpha value is -3.09. The van der Waals surface area contributed by atoms with E-state index in [1.165, 1.54) is 24.3 Å². The normalized spacial score (nSPS) is 10.7. The summed E-state index contributed by atoms with van der Waals surface area (Å²) < 4.78 is 20.1. The number of carbonyl (C=O) groups is 1. The van der Waals surface area contributed by atoms with Crippen LogP contribution < -0.4 is 10.6 Å². The number of aromatic nitrogens is 2. The van der Waals surface area contributed by atoms with E-state index in [-0.39, 0.29) is 11.8 Å². The Morgan fingerprint density at radius 1 is 1.24 bits per heavy atom. The van der Waals surface area contributed by atoms with Crippen molar-refractivity contribution in [2.24, 2.45) is 0 Å². The van der Waals surface area contributed by atoms with Crippen LogP contribution in [-0.4, -0.2) is 22.4 Å². The van der Waals surface area contributed by atoms with Crippen LogP contribution in [-0.2, 0) is 6.54 Å². The van der Waals surface area contributed by atoms with Gasteiger partial charge in [0.15, 0.2) is 0 Å². The molecule has 25 heavy (non-hydrogen) atoms. The predicted octanol–water partition coefficient (Wildman–Crippen LogP) is 3.72. The Morgan fingerprint density at radius 3 is 2.68 bits per heavy atom. The van der Waals surface area contributed by atoms with Crippen LogP contribution >= 0.6 is 0 Å². The van der Waals surface area contributed by atoms with Gasteiger partial charge in [-0.1, -0.05) is 0 Å². The molecule has 0 aliphatic heterocycles. The summed E-state index contributed by atoms with van der Waals surface area (Å²) in [5.74, 6) is 0.436. The van der Waals surface area contributed by atoms with E-state index in [1.807, 2.05) is 30.7 Å². The third kappa shape index (κ3) is 3.88. The van der Waals surface area contributed by atoms with Gasteiger partial charge in [0.05, 0.1) is 24.1 Å². The fourth-order valence-electron chi connectivity index (χ4n) is 2.68. The molecule has 130 valence electrons. The van der Waals surface area contributed by atoms with Gasteiger partial charge in [0.25, 0.3) is 0 Å². The van der Waals surface area contributed by atoms with Crippen LogP contribution in [0.2, 0.25) is 0 Å². The Bertz CT molecular complexity index is 854. The van der Waals surface area contributed by atoms with E-state index in [2.05, 4.69) is 15.7 Å². The summed E-state index contributed by atoms with van der Waals surface area (Å²) in [6.45, 7) is 4.84. The average Bonchev–Trinajstić information content (AvgIpc) is 3.18. The molecular formula is C18H19FN4O2. The zero-order chi connectivity index (χ0) is 17.8. The number of urea groups is 1. The molecule has 2 heterocycles. The number of amides is 2. The highest BCUT2D eigenvalue weighted by Crippen LogP contribution is 2.26. The molecule has 0 saturated carbocycles. The maximum Gasteiger partial charge on any atom is 0.319 e. The van der Waals surface area contributed by atoms with Crippen LogP contribution in [0.15, 0.2) is 47.1 Å². The van der Waals surface area contributed by atoms with Crippen molar-refractivity contribution in [3.8, 4) is 11.3 Å². The largest absolute Gasteiger partial charge is 0.464 e. The highest BCUT2D eigenvalue weighted by atomic mass is 19.1. The molecule has 3 rings (SSSR count). The second kappa shape index (κ2) is 7.21. The molecule has 7 heteroatoms. The number of hydrogen-bond donors (Lipinski definition) is 2. The summed E-state index contributed by atoms with van der Waals surface area (Å²) in [4.78, 5) is 11.9. The summed E-state index contributed by atoms with van der Waals surface area (Å²) in [6.07, 6.45) is 1.63. The van der Waals surface area contributed by atoms with Crippen LogP contribution in [0.4, 0.5) is 14.9 Å². The molecule has 0 aliphatic carbocycles. The molecule has 2 N–H and O–H groups in total. The SMILES string of the molecule is Cc1nn(CCNC(=O)Nc2ccc(F)cc2)c(C)c1-c1ccco1. The van der Waals surface area contributed by atoms with Gasteiger partial charge >= 0.3 is 6.03 Å². The zero-order valence-corrected chi connectivity index (χ0v) is 14.0. The Kier molecular flexibility index (Phi) is 4.83.